The molecule has 2 N–H and O–H groups in total. The van der Waals surface area contributed by atoms with Crippen molar-refractivity contribution < 1.29 is 9.47 Å². The van der Waals surface area contributed by atoms with Crippen LogP contribution in [-0.2, 0) is 13.1 Å². The van der Waals surface area contributed by atoms with Gasteiger partial charge in [0.15, 0.2) is 11.5 Å². The van der Waals surface area contributed by atoms with Crippen LogP contribution in [0.1, 0.15) is 44.2 Å². The first-order valence-electron chi connectivity index (χ1n) is 12.5. The van der Waals surface area contributed by atoms with Gasteiger partial charge in [-0.15, -0.1) is 0 Å². The second-order valence-electron chi connectivity index (χ2n) is 9.41. The second-order valence-corrected chi connectivity index (χ2v) is 9.41. The molecule has 3 aromatic rings. The molecule has 1 saturated carbocycles. The third-order valence-electron chi connectivity index (χ3n) is 7.18. The number of aryl methyl sites for hydroxylation is 1. The molecule has 2 aromatic heterocycles. The molecule has 34 heavy (non-hydrogen) atoms. The molecule has 0 saturated heterocycles. The van der Waals surface area contributed by atoms with Crippen molar-refractivity contribution >= 4 is 16.6 Å². The standard InChI is InChI=1S/C27H34N4O3/c1-28-22-10-6-20-7-11-27(32)31(24(20)15-22)12-2-3-19-4-8-21(9-5-19)29-17-23-16-25-26(18-30-23)34-14-13-33-25/h6-7,10-11,15-16,18-19,21,28-29H,2-5,8-9,12-14,17H2,1H3. The minimum absolute atomic E-state index is 0.0846. The monoisotopic (exact) mass is 462 g/mol. The molecule has 0 amide bonds. The van der Waals surface area contributed by atoms with Crippen molar-refractivity contribution in [2.45, 2.75) is 57.7 Å². The summed E-state index contributed by atoms with van der Waals surface area (Å²) in [6, 6.07) is 12.3. The Morgan fingerprint density at radius 2 is 1.82 bits per heavy atom. The number of ether oxygens (including phenoxy) is 2. The number of fused-ring (bicyclic) bond motifs is 2. The smallest absolute Gasteiger partial charge is 0.251 e. The molecule has 0 bridgehead atoms. The van der Waals surface area contributed by atoms with Crippen LogP contribution in [0.25, 0.3) is 10.9 Å². The molecule has 2 aliphatic rings. The number of anilines is 1. The lowest BCUT2D eigenvalue weighted by Crippen LogP contribution is -2.33. The third-order valence-corrected chi connectivity index (χ3v) is 7.18. The normalized spacial score (nSPS) is 19.8. The second kappa shape index (κ2) is 10.5. The van der Waals surface area contributed by atoms with E-state index in [0.717, 1.165) is 59.2 Å². The van der Waals surface area contributed by atoms with Crippen molar-refractivity contribution in [1.82, 2.24) is 14.9 Å². The maximum Gasteiger partial charge on any atom is 0.251 e. The van der Waals surface area contributed by atoms with Crippen LogP contribution in [0.4, 0.5) is 5.69 Å². The van der Waals surface area contributed by atoms with Gasteiger partial charge in [0.1, 0.15) is 13.2 Å². The molecular formula is C27H34N4O3. The molecule has 180 valence electrons. The van der Waals surface area contributed by atoms with E-state index in [9.17, 15) is 4.79 Å². The van der Waals surface area contributed by atoms with Crippen LogP contribution in [0.3, 0.4) is 0 Å². The first kappa shape index (κ1) is 22.7. The highest BCUT2D eigenvalue weighted by atomic mass is 16.6. The van der Waals surface area contributed by atoms with Gasteiger partial charge in [-0.25, -0.2) is 0 Å². The van der Waals surface area contributed by atoms with Crippen LogP contribution in [0, 0.1) is 5.92 Å². The Morgan fingerprint density at radius 3 is 2.65 bits per heavy atom. The highest BCUT2D eigenvalue weighted by Crippen LogP contribution is 2.31. The lowest BCUT2D eigenvalue weighted by Gasteiger charge is -2.29. The van der Waals surface area contributed by atoms with Gasteiger partial charge in [0.25, 0.3) is 5.56 Å². The average molecular weight is 463 g/mol. The Balaban J connectivity index is 1.09. The van der Waals surface area contributed by atoms with Crippen molar-refractivity contribution in [3.8, 4) is 11.5 Å². The van der Waals surface area contributed by atoms with E-state index in [-0.39, 0.29) is 5.56 Å². The Morgan fingerprint density at radius 1 is 1.03 bits per heavy atom. The number of nitrogens with zero attached hydrogens (tertiary/aromatic N) is 2. The van der Waals surface area contributed by atoms with Gasteiger partial charge in [0.05, 0.1) is 17.4 Å². The van der Waals surface area contributed by atoms with Gasteiger partial charge >= 0.3 is 0 Å². The van der Waals surface area contributed by atoms with Gasteiger partial charge in [-0.1, -0.05) is 6.07 Å². The zero-order valence-corrected chi connectivity index (χ0v) is 19.9. The van der Waals surface area contributed by atoms with Crippen molar-refractivity contribution in [1.29, 1.82) is 0 Å². The fraction of sp³-hybridized carbons (Fsp3) is 0.481. The number of hydrogen-bond donors (Lipinski definition) is 2. The van der Waals surface area contributed by atoms with E-state index < -0.39 is 0 Å². The van der Waals surface area contributed by atoms with E-state index in [1.807, 2.05) is 29.8 Å². The Bertz CT molecular complexity index is 1180. The van der Waals surface area contributed by atoms with Gasteiger partial charge in [-0.3, -0.25) is 9.78 Å². The van der Waals surface area contributed by atoms with Crippen LogP contribution in [0.5, 0.6) is 11.5 Å². The third kappa shape index (κ3) is 5.20. The van der Waals surface area contributed by atoms with Crippen molar-refractivity contribution in [3.63, 3.8) is 0 Å². The van der Waals surface area contributed by atoms with Crippen molar-refractivity contribution in [2.24, 2.45) is 5.92 Å². The summed E-state index contributed by atoms with van der Waals surface area (Å²) < 4.78 is 13.2. The van der Waals surface area contributed by atoms with Crippen molar-refractivity contribution in [2.75, 3.05) is 25.6 Å². The fourth-order valence-corrected chi connectivity index (χ4v) is 5.20. The van der Waals surface area contributed by atoms with Gasteiger partial charge < -0.3 is 24.7 Å². The maximum absolute atomic E-state index is 12.5. The van der Waals surface area contributed by atoms with Crippen LogP contribution in [0.2, 0.25) is 0 Å². The van der Waals surface area contributed by atoms with E-state index >= 15 is 0 Å². The molecule has 1 aromatic carbocycles. The van der Waals surface area contributed by atoms with Crippen LogP contribution < -0.4 is 25.7 Å². The number of pyridine rings is 2. The molecule has 7 heteroatoms. The molecular weight excluding hydrogens is 428 g/mol. The molecule has 7 nitrogen and oxygen atoms in total. The molecule has 0 unspecified atom stereocenters. The van der Waals surface area contributed by atoms with E-state index in [1.165, 1.54) is 32.1 Å². The number of aromatic nitrogens is 2. The fourth-order valence-electron chi connectivity index (χ4n) is 5.20. The summed E-state index contributed by atoms with van der Waals surface area (Å²) in [5.41, 5.74) is 3.12. The molecule has 1 aliphatic carbocycles. The summed E-state index contributed by atoms with van der Waals surface area (Å²) in [7, 11) is 1.91. The zero-order chi connectivity index (χ0) is 23.3. The molecule has 0 spiro atoms. The average Bonchev–Trinajstić information content (AvgIpc) is 2.89. The molecule has 5 rings (SSSR count). The van der Waals surface area contributed by atoms with Gasteiger partial charge in [-0.2, -0.15) is 0 Å². The first-order valence-corrected chi connectivity index (χ1v) is 12.5. The summed E-state index contributed by atoms with van der Waals surface area (Å²) in [6.45, 7) is 2.72. The van der Waals surface area contributed by atoms with E-state index in [4.69, 9.17) is 9.47 Å². The minimum Gasteiger partial charge on any atom is -0.486 e. The van der Waals surface area contributed by atoms with Gasteiger partial charge in [-0.05, 0) is 68.0 Å². The molecule has 0 radical (unpaired) electrons. The van der Waals surface area contributed by atoms with Crippen molar-refractivity contribution in [3.05, 3.63) is 58.6 Å². The SMILES string of the molecule is CNc1ccc2ccc(=O)n(CCCC3CCC(NCc4cc5c(cn4)OCCO5)CC3)c2c1. The molecule has 1 aliphatic heterocycles. The predicted molar refractivity (Wildman–Crippen MR) is 135 cm³/mol. The molecule has 0 atom stereocenters. The number of nitrogens with one attached hydrogen (secondary N) is 2. The summed E-state index contributed by atoms with van der Waals surface area (Å²) in [5, 5.41) is 7.96. The number of benzene rings is 1. The highest BCUT2D eigenvalue weighted by molar-refractivity contribution is 5.82. The Labute approximate surface area is 200 Å². The summed E-state index contributed by atoms with van der Waals surface area (Å²) in [5.74, 6) is 2.28. The van der Waals surface area contributed by atoms with E-state index in [2.05, 4.69) is 27.8 Å². The topological polar surface area (TPSA) is 77.4 Å². The van der Waals surface area contributed by atoms with Crippen LogP contribution >= 0.6 is 0 Å². The highest BCUT2D eigenvalue weighted by Gasteiger charge is 2.21. The summed E-state index contributed by atoms with van der Waals surface area (Å²) >= 11 is 0. The predicted octanol–water partition coefficient (Wildman–Crippen LogP) is 4.34. The summed E-state index contributed by atoms with van der Waals surface area (Å²) in [6.07, 6.45) is 8.83. The van der Waals surface area contributed by atoms with Crippen LogP contribution in [-0.4, -0.2) is 35.9 Å². The van der Waals surface area contributed by atoms with Gasteiger partial charge in [0, 0.05) is 44.0 Å². The van der Waals surface area contributed by atoms with Crippen LogP contribution in [0.15, 0.2) is 47.4 Å². The zero-order valence-electron chi connectivity index (χ0n) is 19.9. The first-order chi connectivity index (χ1) is 16.7. The Hall–Kier alpha value is -3.06. The molecule has 1 fully saturated rings. The lowest BCUT2D eigenvalue weighted by molar-refractivity contribution is 0.170. The van der Waals surface area contributed by atoms with E-state index in [0.29, 0.717) is 19.3 Å². The number of rotatable bonds is 8. The summed E-state index contributed by atoms with van der Waals surface area (Å²) in [4.78, 5) is 17.0. The Kier molecular flexibility index (Phi) is 7.00. The largest absolute Gasteiger partial charge is 0.486 e. The lowest BCUT2D eigenvalue weighted by atomic mass is 9.83. The van der Waals surface area contributed by atoms with E-state index in [1.54, 1.807) is 12.3 Å². The quantitative estimate of drug-likeness (QED) is 0.519. The van der Waals surface area contributed by atoms with Gasteiger partial charge in [0.2, 0.25) is 0 Å². The maximum atomic E-state index is 12.5. The molecule has 3 heterocycles. The number of hydrogen-bond acceptors (Lipinski definition) is 6. The minimum atomic E-state index is 0.0846.